The van der Waals surface area contributed by atoms with Crippen LogP contribution in [0.15, 0.2) is 57.8 Å². The number of rotatable bonds is 5. The van der Waals surface area contributed by atoms with Gasteiger partial charge in [0.1, 0.15) is 22.7 Å². The summed E-state index contributed by atoms with van der Waals surface area (Å²) in [4.78, 5) is 29.8. The van der Waals surface area contributed by atoms with Crippen molar-refractivity contribution >= 4 is 39.3 Å². The zero-order valence-electron chi connectivity index (χ0n) is 21.5. The van der Waals surface area contributed by atoms with E-state index in [1.54, 1.807) is 6.92 Å². The summed E-state index contributed by atoms with van der Waals surface area (Å²) >= 11 is 6.61. The van der Waals surface area contributed by atoms with E-state index < -0.39 is 0 Å². The summed E-state index contributed by atoms with van der Waals surface area (Å²) in [7, 11) is 0. The molecular weight excluding hydrogens is 502 g/mol. The maximum Gasteiger partial charge on any atom is 0.264 e. The summed E-state index contributed by atoms with van der Waals surface area (Å²) in [5.41, 5.74) is 2.15. The lowest BCUT2D eigenvalue weighted by Gasteiger charge is -2.37. The molecule has 2 aromatic heterocycles. The van der Waals surface area contributed by atoms with Crippen molar-refractivity contribution in [3.63, 3.8) is 0 Å². The van der Waals surface area contributed by atoms with Gasteiger partial charge in [-0.05, 0) is 50.3 Å². The highest BCUT2D eigenvalue weighted by Crippen LogP contribution is 2.35. The monoisotopic (exact) mass is 533 g/mol. The largest absolute Gasteiger partial charge is 0.360 e. The molecule has 2 aromatic carbocycles. The van der Waals surface area contributed by atoms with Crippen LogP contribution in [0, 0.1) is 6.92 Å². The Morgan fingerprint density at radius 3 is 2.68 bits per heavy atom. The molecule has 38 heavy (non-hydrogen) atoms. The number of nitrogens with zero attached hydrogens (tertiary/aromatic N) is 3. The summed E-state index contributed by atoms with van der Waals surface area (Å²) < 4.78 is 7.27. The van der Waals surface area contributed by atoms with Crippen molar-refractivity contribution in [3.05, 3.63) is 75.2 Å². The van der Waals surface area contributed by atoms with Gasteiger partial charge in [0.15, 0.2) is 0 Å². The number of amides is 1. The van der Waals surface area contributed by atoms with E-state index in [1.807, 2.05) is 53.1 Å². The minimum atomic E-state index is -0.336. The first-order chi connectivity index (χ1) is 18.5. The van der Waals surface area contributed by atoms with Crippen LogP contribution in [0.4, 0.5) is 0 Å². The third-order valence-electron chi connectivity index (χ3n) is 8.02. The highest BCUT2D eigenvalue weighted by molar-refractivity contribution is 6.37. The molecule has 0 bridgehead atoms. The van der Waals surface area contributed by atoms with E-state index in [-0.39, 0.29) is 29.6 Å². The topological polar surface area (TPSA) is 92.4 Å². The number of hydrogen-bond acceptors (Lipinski definition) is 6. The van der Waals surface area contributed by atoms with Gasteiger partial charge >= 0.3 is 0 Å². The predicted molar refractivity (Wildman–Crippen MR) is 149 cm³/mol. The number of carbonyl (C=O) groups is 1. The molecule has 2 fully saturated rings. The Morgan fingerprint density at radius 1 is 1.11 bits per heavy atom. The van der Waals surface area contributed by atoms with E-state index in [0.717, 1.165) is 61.9 Å². The fourth-order valence-corrected chi connectivity index (χ4v) is 6.51. The van der Waals surface area contributed by atoms with E-state index in [0.29, 0.717) is 28.1 Å². The molecule has 1 aliphatic carbocycles. The van der Waals surface area contributed by atoms with Crippen LogP contribution in [0.5, 0.6) is 0 Å². The lowest BCUT2D eigenvalue weighted by Crippen LogP contribution is -2.51. The molecule has 2 N–H and O–H groups in total. The molecule has 0 radical (unpaired) electrons. The predicted octanol–water partition coefficient (Wildman–Crippen LogP) is 4.35. The van der Waals surface area contributed by atoms with E-state index in [1.165, 1.54) is 0 Å². The molecule has 2 aliphatic rings. The van der Waals surface area contributed by atoms with Crippen molar-refractivity contribution in [2.45, 2.75) is 50.7 Å². The Kier molecular flexibility index (Phi) is 6.95. The minimum Gasteiger partial charge on any atom is -0.360 e. The molecule has 1 aliphatic heterocycles. The maximum atomic E-state index is 13.8. The van der Waals surface area contributed by atoms with E-state index in [4.69, 9.17) is 16.1 Å². The van der Waals surface area contributed by atoms with Crippen LogP contribution in [-0.2, 0) is 4.79 Å². The number of halogens is 1. The molecule has 6 rings (SSSR count). The van der Waals surface area contributed by atoms with Gasteiger partial charge in [-0.3, -0.25) is 14.5 Å². The number of benzene rings is 2. The molecule has 4 aromatic rings. The first-order valence-corrected chi connectivity index (χ1v) is 13.8. The second-order valence-corrected chi connectivity index (χ2v) is 10.8. The highest BCUT2D eigenvalue weighted by Gasteiger charge is 2.33. The van der Waals surface area contributed by atoms with Crippen LogP contribution in [-0.4, -0.2) is 52.8 Å². The van der Waals surface area contributed by atoms with Gasteiger partial charge in [0.2, 0.25) is 5.91 Å². The van der Waals surface area contributed by atoms with Gasteiger partial charge in [-0.1, -0.05) is 53.2 Å². The van der Waals surface area contributed by atoms with Crippen LogP contribution in [0.2, 0.25) is 5.02 Å². The number of pyridine rings is 1. The fourth-order valence-electron chi connectivity index (χ4n) is 6.25. The van der Waals surface area contributed by atoms with Gasteiger partial charge in [-0.15, -0.1) is 0 Å². The van der Waals surface area contributed by atoms with Gasteiger partial charge in [0.25, 0.3) is 5.56 Å². The van der Waals surface area contributed by atoms with Crippen molar-refractivity contribution in [1.29, 1.82) is 0 Å². The van der Waals surface area contributed by atoms with Crippen molar-refractivity contribution in [2.75, 3.05) is 26.2 Å². The Balaban J connectivity index is 1.31. The van der Waals surface area contributed by atoms with Crippen LogP contribution >= 0.6 is 11.6 Å². The standard InChI is InChI=1S/C29H32ClN5O3/c1-18-24-26(33-38-18)25-22(30)11-6-12-23(25)35(29(24)37)21-10-5-9-20(17-21)32-28(36)27(19-7-3-2-4-8-19)34-15-13-31-14-16-34/h2-4,6-8,11-12,20-21,27,31H,5,9-10,13-17H2,1H3,(H,32,36). The third kappa shape index (κ3) is 4.51. The summed E-state index contributed by atoms with van der Waals surface area (Å²) in [6.07, 6.45) is 3.32. The molecule has 1 saturated carbocycles. The molecule has 3 atom stereocenters. The van der Waals surface area contributed by atoms with Crippen molar-refractivity contribution in [1.82, 2.24) is 25.3 Å². The van der Waals surface area contributed by atoms with Crippen molar-refractivity contribution in [2.24, 2.45) is 0 Å². The van der Waals surface area contributed by atoms with Crippen molar-refractivity contribution in [3.8, 4) is 0 Å². The smallest absolute Gasteiger partial charge is 0.264 e. The average Bonchev–Trinajstić information content (AvgIpc) is 3.32. The second kappa shape index (κ2) is 10.5. The maximum absolute atomic E-state index is 13.8. The summed E-state index contributed by atoms with van der Waals surface area (Å²) in [5.74, 6) is 0.511. The van der Waals surface area contributed by atoms with Crippen LogP contribution in [0.25, 0.3) is 21.8 Å². The average molecular weight is 534 g/mol. The highest BCUT2D eigenvalue weighted by atomic mass is 35.5. The lowest BCUT2D eigenvalue weighted by atomic mass is 9.89. The van der Waals surface area contributed by atoms with Gasteiger partial charge < -0.3 is 19.7 Å². The van der Waals surface area contributed by atoms with Crippen LogP contribution < -0.4 is 16.2 Å². The summed E-state index contributed by atoms with van der Waals surface area (Å²) in [5, 5.41) is 12.6. The van der Waals surface area contributed by atoms with Crippen LogP contribution in [0.3, 0.4) is 0 Å². The molecule has 8 nitrogen and oxygen atoms in total. The number of piperazine rings is 1. The van der Waals surface area contributed by atoms with E-state index in [2.05, 4.69) is 20.7 Å². The number of aryl methyl sites for hydroxylation is 1. The van der Waals surface area contributed by atoms with E-state index in [9.17, 15) is 9.59 Å². The molecule has 3 heterocycles. The first-order valence-electron chi connectivity index (χ1n) is 13.4. The molecule has 9 heteroatoms. The third-order valence-corrected chi connectivity index (χ3v) is 8.34. The molecule has 1 amide bonds. The quantitative estimate of drug-likeness (QED) is 0.396. The zero-order chi connectivity index (χ0) is 26.2. The lowest BCUT2D eigenvalue weighted by molar-refractivity contribution is -0.128. The molecule has 198 valence electrons. The fraction of sp³-hybridized carbons (Fsp3) is 0.414. The second-order valence-electron chi connectivity index (χ2n) is 10.4. The number of carbonyl (C=O) groups excluding carboxylic acids is 1. The van der Waals surface area contributed by atoms with Gasteiger partial charge in [-0.25, -0.2) is 0 Å². The number of fused-ring (bicyclic) bond motifs is 3. The summed E-state index contributed by atoms with van der Waals surface area (Å²) in [6.45, 7) is 5.13. The molecule has 3 unspecified atom stereocenters. The minimum absolute atomic E-state index is 0.0225. The SMILES string of the molecule is Cc1onc2c1c(=O)n(C1CCCC(NC(=O)C(c3ccccc3)N3CCNCC3)C1)c1cccc(Cl)c21. The van der Waals surface area contributed by atoms with E-state index >= 15 is 0 Å². The molecular formula is C29H32ClN5O3. The van der Waals surface area contributed by atoms with Gasteiger partial charge in [0.05, 0.1) is 10.5 Å². The molecule has 0 spiro atoms. The Morgan fingerprint density at radius 2 is 1.89 bits per heavy atom. The Bertz CT molecular complexity index is 1530. The zero-order valence-corrected chi connectivity index (χ0v) is 22.2. The number of aromatic nitrogens is 2. The normalized spacial score (nSPS) is 21.5. The number of hydrogen-bond donors (Lipinski definition) is 2. The number of nitrogens with one attached hydrogen (secondary N) is 2. The van der Waals surface area contributed by atoms with Crippen LogP contribution in [0.1, 0.15) is 49.1 Å². The van der Waals surface area contributed by atoms with Gasteiger partial charge in [-0.2, -0.15) is 0 Å². The molecule has 1 saturated heterocycles. The Labute approximate surface area is 225 Å². The van der Waals surface area contributed by atoms with Crippen molar-refractivity contribution < 1.29 is 9.32 Å². The summed E-state index contributed by atoms with van der Waals surface area (Å²) in [6, 6.07) is 15.2. The Hall–Kier alpha value is -3.20. The first kappa shape index (κ1) is 25.1. The van der Waals surface area contributed by atoms with Gasteiger partial charge in [0, 0.05) is 43.6 Å².